The summed E-state index contributed by atoms with van der Waals surface area (Å²) >= 11 is 0. The van der Waals surface area contributed by atoms with Crippen molar-refractivity contribution < 1.29 is 13.0 Å². The predicted molar refractivity (Wildman–Crippen MR) is 100 cm³/mol. The van der Waals surface area contributed by atoms with Gasteiger partial charge in [0.1, 0.15) is 16.2 Å². The van der Waals surface area contributed by atoms with E-state index in [1.165, 1.54) is 22.8 Å². The van der Waals surface area contributed by atoms with E-state index in [-0.39, 0.29) is 34.0 Å². The molecule has 0 aliphatic heterocycles. The molecule has 0 radical (unpaired) electrons. The lowest BCUT2D eigenvalue weighted by Gasteiger charge is -2.09. The first-order valence-corrected chi connectivity index (χ1v) is 10.0. The third kappa shape index (κ3) is 3.33. The number of aryl methyl sites for hydroxylation is 1. The SMILES string of the molecule is CCCn1c(=O)c2[nH]c(-c3ccccc3S(=O)(=O)O)nc2n(CCC)c1=O. The minimum absolute atomic E-state index is 0.0915. The van der Waals surface area contributed by atoms with Crippen molar-refractivity contribution in [1.29, 1.82) is 0 Å². The van der Waals surface area contributed by atoms with Crippen LogP contribution in [0.15, 0.2) is 38.8 Å². The monoisotopic (exact) mass is 392 g/mol. The van der Waals surface area contributed by atoms with E-state index in [0.29, 0.717) is 19.4 Å². The average Bonchev–Trinajstić information content (AvgIpc) is 3.07. The number of hydrogen-bond donors (Lipinski definition) is 2. The molecule has 9 nitrogen and oxygen atoms in total. The molecule has 2 aromatic heterocycles. The van der Waals surface area contributed by atoms with Gasteiger partial charge < -0.3 is 4.98 Å². The van der Waals surface area contributed by atoms with Gasteiger partial charge in [0, 0.05) is 18.7 Å². The lowest BCUT2D eigenvalue weighted by atomic mass is 10.2. The topological polar surface area (TPSA) is 127 Å². The first-order valence-electron chi connectivity index (χ1n) is 8.59. The molecular formula is C17H20N4O5S. The second-order valence-electron chi connectivity index (χ2n) is 6.15. The Kier molecular flexibility index (Phi) is 5.03. The molecule has 2 heterocycles. The first-order chi connectivity index (χ1) is 12.8. The molecule has 3 rings (SSSR count). The summed E-state index contributed by atoms with van der Waals surface area (Å²) in [5.74, 6) is 0.0915. The van der Waals surface area contributed by atoms with Gasteiger partial charge in [0.15, 0.2) is 5.65 Å². The molecule has 0 bridgehead atoms. The molecule has 2 N–H and O–H groups in total. The number of nitrogens with one attached hydrogen (secondary N) is 1. The van der Waals surface area contributed by atoms with E-state index in [1.807, 2.05) is 13.8 Å². The van der Waals surface area contributed by atoms with E-state index in [0.717, 1.165) is 4.57 Å². The van der Waals surface area contributed by atoms with Crippen LogP contribution in [-0.4, -0.2) is 32.1 Å². The van der Waals surface area contributed by atoms with Gasteiger partial charge in [-0.15, -0.1) is 0 Å². The lowest BCUT2D eigenvalue weighted by Crippen LogP contribution is -2.40. The van der Waals surface area contributed by atoms with Crippen molar-refractivity contribution >= 4 is 21.3 Å². The minimum Gasteiger partial charge on any atom is -0.332 e. The number of hydrogen-bond acceptors (Lipinski definition) is 5. The van der Waals surface area contributed by atoms with Crippen molar-refractivity contribution in [2.75, 3.05) is 0 Å². The molecule has 27 heavy (non-hydrogen) atoms. The fourth-order valence-corrected chi connectivity index (χ4v) is 3.72. The highest BCUT2D eigenvalue weighted by molar-refractivity contribution is 7.86. The zero-order chi connectivity index (χ0) is 19.8. The predicted octanol–water partition coefficient (Wildman–Crippen LogP) is 1.62. The van der Waals surface area contributed by atoms with Crippen LogP contribution < -0.4 is 11.2 Å². The van der Waals surface area contributed by atoms with Crippen LogP contribution >= 0.6 is 0 Å². The molecule has 3 aromatic rings. The Morgan fingerprint density at radius 3 is 2.33 bits per heavy atom. The second kappa shape index (κ2) is 7.12. The van der Waals surface area contributed by atoms with Gasteiger partial charge in [0.25, 0.3) is 15.7 Å². The van der Waals surface area contributed by atoms with Crippen molar-refractivity contribution in [2.45, 2.75) is 44.7 Å². The van der Waals surface area contributed by atoms with Crippen LogP contribution in [0.5, 0.6) is 0 Å². The van der Waals surface area contributed by atoms with Crippen LogP contribution in [0.3, 0.4) is 0 Å². The lowest BCUT2D eigenvalue weighted by molar-refractivity contribution is 0.483. The Hall–Kier alpha value is -2.72. The molecule has 0 saturated heterocycles. The van der Waals surface area contributed by atoms with Crippen LogP contribution in [0.25, 0.3) is 22.6 Å². The average molecular weight is 392 g/mol. The van der Waals surface area contributed by atoms with Crippen LogP contribution in [-0.2, 0) is 23.2 Å². The molecule has 0 unspecified atom stereocenters. The zero-order valence-corrected chi connectivity index (χ0v) is 15.8. The summed E-state index contributed by atoms with van der Waals surface area (Å²) < 4.78 is 35.3. The highest BCUT2D eigenvalue weighted by Gasteiger charge is 2.21. The summed E-state index contributed by atoms with van der Waals surface area (Å²) in [6, 6.07) is 5.77. The summed E-state index contributed by atoms with van der Waals surface area (Å²) in [4.78, 5) is 32.2. The summed E-state index contributed by atoms with van der Waals surface area (Å²) in [7, 11) is -4.49. The van der Waals surface area contributed by atoms with Gasteiger partial charge in [-0.1, -0.05) is 26.0 Å². The Morgan fingerprint density at radius 2 is 1.70 bits per heavy atom. The summed E-state index contributed by atoms with van der Waals surface area (Å²) in [6.45, 7) is 4.40. The Labute approximate surface area is 155 Å². The fourth-order valence-electron chi connectivity index (χ4n) is 3.03. The molecule has 0 atom stereocenters. The Morgan fingerprint density at radius 1 is 1.07 bits per heavy atom. The summed E-state index contributed by atoms with van der Waals surface area (Å²) in [5, 5.41) is 0. The number of fused-ring (bicyclic) bond motifs is 1. The molecule has 1 aromatic carbocycles. The van der Waals surface area contributed by atoms with E-state index in [1.54, 1.807) is 6.07 Å². The van der Waals surface area contributed by atoms with Gasteiger partial charge in [-0.05, 0) is 25.0 Å². The number of benzene rings is 1. The van der Waals surface area contributed by atoms with Crippen LogP contribution in [0.2, 0.25) is 0 Å². The maximum atomic E-state index is 12.7. The quantitative estimate of drug-likeness (QED) is 0.614. The number of H-pyrrole nitrogens is 1. The van der Waals surface area contributed by atoms with Gasteiger partial charge in [0.2, 0.25) is 0 Å². The maximum Gasteiger partial charge on any atom is 0.332 e. The van der Waals surface area contributed by atoms with Gasteiger partial charge >= 0.3 is 5.69 Å². The molecule has 0 spiro atoms. The van der Waals surface area contributed by atoms with Crippen molar-refractivity contribution in [1.82, 2.24) is 19.1 Å². The molecule has 0 amide bonds. The Balaban J connectivity index is 2.38. The third-order valence-electron chi connectivity index (χ3n) is 4.18. The molecule has 0 aliphatic carbocycles. The third-order valence-corrected chi connectivity index (χ3v) is 5.09. The van der Waals surface area contributed by atoms with E-state index in [4.69, 9.17) is 0 Å². The number of rotatable bonds is 6. The van der Waals surface area contributed by atoms with Gasteiger partial charge in [-0.25, -0.2) is 9.78 Å². The van der Waals surface area contributed by atoms with E-state index in [9.17, 15) is 22.6 Å². The highest BCUT2D eigenvalue weighted by Crippen LogP contribution is 2.26. The summed E-state index contributed by atoms with van der Waals surface area (Å²) in [5.41, 5.74) is -0.547. The maximum absolute atomic E-state index is 12.7. The molecule has 0 saturated carbocycles. The van der Waals surface area contributed by atoms with Crippen LogP contribution in [0.1, 0.15) is 26.7 Å². The summed E-state index contributed by atoms with van der Waals surface area (Å²) in [6.07, 6.45) is 1.27. The van der Waals surface area contributed by atoms with Gasteiger partial charge in [0.05, 0.1) is 0 Å². The molecule has 0 fully saturated rings. The zero-order valence-electron chi connectivity index (χ0n) is 15.0. The molecule has 10 heteroatoms. The first kappa shape index (κ1) is 19.1. The number of imidazole rings is 1. The minimum atomic E-state index is -4.49. The smallest absolute Gasteiger partial charge is 0.332 e. The molecule has 0 aliphatic rings. The Bertz CT molecular complexity index is 1220. The highest BCUT2D eigenvalue weighted by atomic mass is 32.2. The normalized spacial score (nSPS) is 12.0. The van der Waals surface area contributed by atoms with Gasteiger partial charge in [-0.3, -0.25) is 18.5 Å². The molecule has 144 valence electrons. The van der Waals surface area contributed by atoms with E-state index >= 15 is 0 Å². The largest absolute Gasteiger partial charge is 0.332 e. The number of nitrogens with zero attached hydrogens (tertiary/aromatic N) is 3. The van der Waals surface area contributed by atoms with Crippen LogP contribution in [0, 0.1) is 0 Å². The fraction of sp³-hybridized carbons (Fsp3) is 0.353. The number of aromatic nitrogens is 4. The standard InChI is InChI=1S/C17H20N4O5S/c1-3-9-20-15-13(16(22)21(10-4-2)17(20)23)18-14(19-15)11-7-5-6-8-12(11)27(24,25)26/h5-8H,3-4,9-10H2,1-2H3,(H,18,19)(H,24,25,26). The van der Waals surface area contributed by atoms with Crippen molar-refractivity contribution in [2.24, 2.45) is 0 Å². The van der Waals surface area contributed by atoms with Gasteiger partial charge in [-0.2, -0.15) is 8.42 Å². The van der Waals surface area contributed by atoms with E-state index in [2.05, 4.69) is 9.97 Å². The van der Waals surface area contributed by atoms with Crippen molar-refractivity contribution in [3.8, 4) is 11.4 Å². The van der Waals surface area contributed by atoms with Crippen molar-refractivity contribution in [3.63, 3.8) is 0 Å². The van der Waals surface area contributed by atoms with E-state index < -0.39 is 21.4 Å². The van der Waals surface area contributed by atoms with Crippen molar-refractivity contribution in [3.05, 3.63) is 45.1 Å². The molecular weight excluding hydrogens is 372 g/mol. The number of aromatic amines is 1. The van der Waals surface area contributed by atoms with Crippen LogP contribution in [0.4, 0.5) is 0 Å². The second-order valence-corrected chi connectivity index (χ2v) is 7.54.